The van der Waals surface area contributed by atoms with Crippen LogP contribution in [0.1, 0.15) is 37.2 Å². The molecule has 3 aromatic rings. The van der Waals surface area contributed by atoms with Crippen LogP contribution in [0, 0.1) is 0 Å². The van der Waals surface area contributed by atoms with E-state index in [-0.39, 0.29) is 5.91 Å². The topological polar surface area (TPSA) is 46.8 Å². The van der Waals surface area contributed by atoms with Crippen molar-refractivity contribution >= 4 is 22.2 Å². The number of carbonyl (C=O) groups is 1. The van der Waals surface area contributed by atoms with Crippen LogP contribution in [0.25, 0.3) is 16.2 Å². The monoisotopic (exact) mass is 357 g/mol. The third-order valence-corrected chi connectivity index (χ3v) is 4.91. The number of fused-ring (bicyclic) bond motifs is 1. The van der Waals surface area contributed by atoms with Gasteiger partial charge in [-0.15, -0.1) is 11.3 Å². The zero-order valence-electron chi connectivity index (χ0n) is 14.9. The molecule has 5 nitrogen and oxygen atoms in total. The van der Waals surface area contributed by atoms with E-state index in [0.29, 0.717) is 5.69 Å². The van der Waals surface area contributed by atoms with Crippen molar-refractivity contribution in [1.29, 1.82) is 0 Å². The number of imidazole rings is 1. The fraction of sp³-hybridized carbons (Fsp3) is 0.368. The molecule has 0 spiro atoms. The Kier molecular flexibility index (Phi) is 5.38. The maximum atomic E-state index is 12.9. The molecule has 1 aromatic carbocycles. The first-order valence-electron chi connectivity index (χ1n) is 8.58. The Balaban J connectivity index is 1.96. The van der Waals surface area contributed by atoms with E-state index in [1.807, 2.05) is 45.1 Å². The number of amides is 1. The van der Waals surface area contributed by atoms with E-state index in [0.717, 1.165) is 47.9 Å². The van der Waals surface area contributed by atoms with Gasteiger partial charge in [-0.1, -0.05) is 26.0 Å². The summed E-state index contributed by atoms with van der Waals surface area (Å²) in [6.07, 6.45) is 3.85. The molecule has 0 fully saturated rings. The molecule has 0 radical (unpaired) electrons. The summed E-state index contributed by atoms with van der Waals surface area (Å²) in [5, 5.41) is 1.90. The molecule has 1 amide bonds. The highest BCUT2D eigenvalue weighted by molar-refractivity contribution is 7.15. The second kappa shape index (κ2) is 7.70. The van der Waals surface area contributed by atoms with E-state index >= 15 is 0 Å². The van der Waals surface area contributed by atoms with E-state index in [4.69, 9.17) is 4.74 Å². The summed E-state index contributed by atoms with van der Waals surface area (Å²) in [7, 11) is 1.65. The first-order valence-corrected chi connectivity index (χ1v) is 9.46. The summed E-state index contributed by atoms with van der Waals surface area (Å²) >= 11 is 1.49. The quantitative estimate of drug-likeness (QED) is 0.632. The van der Waals surface area contributed by atoms with Crippen molar-refractivity contribution in [3.63, 3.8) is 0 Å². The lowest BCUT2D eigenvalue weighted by atomic mass is 10.1. The molecule has 0 N–H and O–H groups in total. The summed E-state index contributed by atoms with van der Waals surface area (Å²) in [6.45, 7) is 5.75. The zero-order valence-corrected chi connectivity index (χ0v) is 15.7. The first kappa shape index (κ1) is 17.5. The maximum absolute atomic E-state index is 12.9. The van der Waals surface area contributed by atoms with Crippen LogP contribution in [0.4, 0.5) is 0 Å². The molecule has 2 aromatic heterocycles. The van der Waals surface area contributed by atoms with Gasteiger partial charge in [0.2, 0.25) is 0 Å². The number of benzene rings is 1. The number of nitrogens with zero attached hydrogens (tertiary/aromatic N) is 3. The second-order valence-electron chi connectivity index (χ2n) is 5.92. The molecule has 2 heterocycles. The predicted octanol–water partition coefficient (Wildman–Crippen LogP) is 4.33. The van der Waals surface area contributed by atoms with Gasteiger partial charge in [0, 0.05) is 30.2 Å². The molecule has 25 heavy (non-hydrogen) atoms. The molecule has 0 saturated carbocycles. The molecule has 132 valence electrons. The van der Waals surface area contributed by atoms with Crippen LogP contribution in [0.2, 0.25) is 0 Å². The Morgan fingerprint density at radius 1 is 1.28 bits per heavy atom. The van der Waals surface area contributed by atoms with Gasteiger partial charge in [0.15, 0.2) is 4.96 Å². The predicted molar refractivity (Wildman–Crippen MR) is 102 cm³/mol. The maximum Gasteiger partial charge on any atom is 0.271 e. The summed E-state index contributed by atoms with van der Waals surface area (Å²) in [4.78, 5) is 20.3. The van der Waals surface area contributed by atoms with E-state index in [1.165, 1.54) is 11.3 Å². The molecule has 0 aliphatic carbocycles. The Morgan fingerprint density at radius 2 is 2.04 bits per heavy atom. The SMILES string of the molecule is CCCN(CCC)C(=O)c1csc2nc(-c3cccc(OC)c3)cn12. The van der Waals surface area contributed by atoms with Crippen molar-refractivity contribution in [3.8, 4) is 17.0 Å². The van der Waals surface area contributed by atoms with Gasteiger partial charge < -0.3 is 9.64 Å². The van der Waals surface area contributed by atoms with Crippen LogP contribution in [-0.4, -0.2) is 40.4 Å². The van der Waals surface area contributed by atoms with Gasteiger partial charge in [0.1, 0.15) is 11.4 Å². The zero-order chi connectivity index (χ0) is 17.8. The lowest BCUT2D eigenvalue weighted by Crippen LogP contribution is -2.33. The van der Waals surface area contributed by atoms with Gasteiger partial charge in [-0.3, -0.25) is 9.20 Å². The Bertz CT molecular complexity index is 863. The molecule has 6 heteroatoms. The summed E-state index contributed by atoms with van der Waals surface area (Å²) in [5.41, 5.74) is 2.51. The van der Waals surface area contributed by atoms with Crippen LogP contribution < -0.4 is 4.74 Å². The van der Waals surface area contributed by atoms with Gasteiger partial charge in [-0.05, 0) is 25.0 Å². The van der Waals surface area contributed by atoms with Crippen molar-refractivity contribution in [2.75, 3.05) is 20.2 Å². The molecule has 0 bridgehead atoms. The average Bonchev–Trinajstić information content (AvgIpc) is 3.21. The highest BCUT2D eigenvalue weighted by atomic mass is 32.1. The molecular weight excluding hydrogens is 334 g/mol. The largest absolute Gasteiger partial charge is 0.497 e. The minimum Gasteiger partial charge on any atom is -0.497 e. The molecule has 0 unspecified atom stereocenters. The van der Waals surface area contributed by atoms with E-state index in [2.05, 4.69) is 18.8 Å². The van der Waals surface area contributed by atoms with Gasteiger partial charge in [-0.2, -0.15) is 0 Å². The highest BCUT2D eigenvalue weighted by Gasteiger charge is 2.20. The van der Waals surface area contributed by atoms with Gasteiger partial charge in [0.25, 0.3) is 5.91 Å². The van der Waals surface area contributed by atoms with Crippen LogP contribution in [-0.2, 0) is 0 Å². The van der Waals surface area contributed by atoms with Crippen LogP contribution in [0.3, 0.4) is 0 Å². The summed E-state index contributed by atoms with van der Waals surface area (Å²) < 4.78 is 7.19. The van der Waals surface area contributed by atoms with Crippen molar-refractivity contribution < 1.29 is 9.53 Å². The Morgan fingerprint density at radius 3 is 2.72 bits per heavy atom. The fourth-order valence-electron chi connectivity index (χ4n) is 2.88. The molecule has 0 atom stereocenters. The third-order valence-electron chi connectivity index (χ3n) is 4.07. The molecule has 0 saturated heterocycles. The fourth-order valence-corrected chi connectivity index (χ4v) is 3.72. The Labute approximate surface area is 151 Å². The second-order valence-corrected chi connectivity index (χ2v) is 6.76. The Hall–Kier alpha value is -2.34. The van der Waals surface area contributed by atoms with Crippen LogP contribution >= 0.6 is 11.3 Å². The number of hydrogen-bond acceptors (Lipinski definition) is 4. The van der Waals surface area contributed by atoms with Gasteiger partial charge >= 0.3 is 0 Å². The van der Waals surface area contributed by atoms with Gasteiger partial charge in [-0.25, -0.2) is 4.98 Å². The normalized spacial score (nSPS) is 11.0. The number of methoxy groups -OCH3 is 1. The minimum atomic E-state index is 0.0737. The lowest BCUT2D eigenvalue weighted by Gasteiger charge is -2.20. The number of rotatable bonds is 7. The number of carbonyl (C=O) groups excluding carboxylic acids is 1. The molecule has 0 aliphatic rings. The molecule has 3 rings (SSSR count). The summed E-state index contributed by atoms with van der Waals surface area (Å²) in [5.74, 6) is 0.867. The lowest BCUT2D eigenvalue weighted by molar-refractivity contribution is 0.0749. The first-order chi connectivity index (χ1) is 12.2. The van der Waals surface area contributed by atoms with Crippen LogP contribution in [0.15, 0.2) is 35.8 Å². The number of ether oxygens (including phenoxy) is 1. The standard InChI is InChI=1S/C19H23N3O2S/c1-4-9-21(10-5-2)18(23)17-13-25-19-20-16(12-22(17)19)14-7-6-8-15(11-14)24-3/h6-8,11-13H,4-5,9-10H2,1-3H3. The van der Waals surface area contributed by atoms with Crippen LogP contribution in [0.5, 0.6) is 5.75 Å². The van der Waals surface area contributed by atoms with E-state index < -0.39 is 0 Å². The van der Waals surface area contributed by atoms with Gasteiger partial charge in [0.05, 0.1) is 12.8 Å². The summed E-state index contributed by atoms with van der Waals surface area (Å²) in [6, 6.07) is 7.80. The van der Waals surface area contributed by atoms with Crippen molar-refractivity contribution in [3.05, 3.63) is 41.5 Å². The average molecular weight is 357 g/mol. The molecular formula is C19H23N3O2S. The minimum absolute atomic E-state index is 0.0737. The van der Waals surface area contributed by atoms with E-state index in [1.54, 1.807) is 7.11 Å². The van der Waals surface area contributed by atoms with Crippen molar-refractivity contribution in [1.82, 2.24) is 14.3 Å². The third kappa shape index (κ3) is 3.54. The number of thiazole rings is 1. The number of aromatic nitrogens is 2. The van der Waals surface area contributed by atoms with Crippen molar-refractivity contribution in [2.45, 2.75) is 26.7 Å². The van der Waals surface area contributed by atoms with Crippen molar-refractivity contribution in [2.24, 2.45) is 0 Å². The molecule has 0 aliphatic heterocycles. The van der Waals surface area contributed by atoms with E-state index in [9.17, 15) is 4.79 Å². The smallest absolute Gasteiger partial charge is 0.271 e. The highest BCUT2D eigenvalue weighted by Crippen LogP contribution is 2.26. The number of hydrogen-bond donors (Lipinski definition) is 0.